The minimum Gasteiger partial charge on any atom is -0.489 e. The average molecular weight is 231 g/mol. The van der Waals surface area contributed by atoms with Crippen LogP contribution >= 0.6 is 23.2 Å². The van der Waals surface area contributed by atoms with Crippen LogP contribution in [-0.2, 0) is 0 Å². The lowest BCUT2D eigenvalue weighted by Gasteiger charge is -2.08. The van der Waals surface area contributed by atoms with E-state index in [1.807, 2.05) is 6.07 Å². The van der Waals surface area contributed by atoms with E-state index in [1.54, 1.807) is 18.2 Å². The van der Waals surface area contributed by atoms with Crippen molar-refractivity contribution in [3.8, 4) is 11.8 Å². The molecule has 0 heterocycles. The average Bonchev–Trinajstić information content (AvgIpc) is 2.16. The molecule has 14 heavy (non-hydrogen) atoms. The van der Waals surface area contributed by atoms with Crippen LogP contribution < -0.4 is 10.5 Å². The molecule has 5 heteroatoms. The van der Waals surface area contributed by atoms with Crippen LogP contribution in [0.4, 0.5) is 0 Å². The second-order valence-electron chi connectivity index (χ2n) is 2.62. The molecule has 2 N–H and O–H groups in total. The molecule has 1 aromatic carbocycles. The molecule has 0 spiro atoms. The van der Waals surface area contributed by atoms with Crippen LogP contribution in [0.15, 0.2) is 18.2 Å². The van der Waals surface area contributed by atoms with E-state index in [-0.39, 0.29) is 6.61 Å². The summed E-state index contributed by atoms with van der Waals surface area (Å²) in [6.07, 6.45) is 0. The van der Waals surface area contributed by atoms with Crippen molar-refractivity contribution in [1.29, 1.82) is 5.26 Å². The van der Waals surface area contributed by atoms with Crippen molar-refractivity contribution >= 4 is 23.2 Å². The van der Waals surface area contributed by atoms with E-state index in [1.165, 1.54) is 0 Å². The van der Waals surface area contributed by atoms with E-state index >= 15 is 0 Å². The van der Waals surface area contributed by atoms with E-state index in [4.69, 9.17) is 38.9 Å². The molecule has 0 fully saturated rings. The molecule has 1 rings (SSSR count). The first-order chi connectivity index (χ1) is 6.63. The number of nitriles is 1. The quantitative estimate of drug-likeness (QED) is 0.867. The van der Waals surface area contributed by atoms with Gasteiger partial charge in [-0.15, -0.1) is 0 Å². The number of hydrogen-bond donors (Lipinski definition) is 1. The maximum Gasteiger partial charge on any atom is 0.138 e. The van der Waals surface area contributed by atoms with Gasteiger partial charge in [-0.3, -0.25) is 0 Å². The van der Waals surface area contributed by atoms with Gasteiger partial charge in [-0.05, 0) is 18.2 Å². The molecule has 1 aromatic rings. The van der Waals surface area contributed by atoms with Gasteiger partial charge in [-0.1, -0.05) is 23.2 Å². The van der Waals surface area contributed by atoms with Crippen LogP contribution in [0.25, 0.3) is 0 Å². The first-order valence-corrected chi connectivity index (χ1v) is 4.62. The summed E-state index contributed by atoms with van der Waals surface area (Å²) in [7, 11) is 0. The predicted molar refractivity (Wildman–Crippen MR) is 55.5 cm³/mol. The molecule has 0 aliphatic carbocycles. The fourth-order valence-electron chi connectivity index (χ4n) is 0.809. The molecule has 1 unspecified atom stereocenters. The Labute approximate surface area is 92.0 Å². The Morgan fingerprint density at radius 3 is 2.79 bits per heavy atom. The highest BCUT2D eigenvalue weighted by Crippen LogP contribution is 2.27. The maximum atomic E-state index is 8.42. The minimum atomic E-state index is -0.651. The third-order valence-corrected chi connectivity index (χ3v) is 2.01. The van der Waals surface area contributed by atoms with Gasteiger partial charge in [0.1, 0.15) is 18.4 Å². The predicted octanol–water partition coefficient (Wildman–Crippen LogP) is 2.22. The molecule has 0 saturated heterocycles. The fraction of sp³-hybridized carbons (Fsp3) is 0.222. The molecule has 0 radical (unpaired) electrons. The lowest BCUT2D eigenvalue weighted by Crippen LogP contribution is -2.25. The molecule has 1 atom stereocenters. The van der Waals surface area contributed by atoms with Crippen LogP contribution in [-0.4, -0.2) is 12.6 Å². The van der Waals surface area contributed by atoms with Gasteiger partial charge in [0.25, 0.3) is 0 Å². The Bertz CT molecular complexity index is 362. The van der Waals surface area contributed by atoms with Gasteiger partial charge >= 0.3 is 0 Å². The summed E-state index contributed by atoms with van der Waals surface area (Å²) in [5.74, 6) is 0.474. The summed E-state index contributed by atoms with van der Waals surface area (Å²) in [6, 6.07) is 6.05. The highest BCUT2D eigenvalue weighted by molar-refractivity contribution is 6.35. The van der Waals surface area contributed by atoms with E-state index in [0.29, 0.717) is 15.8 Å². The van der Waals surface area contributed by atoms with Crippen molar-refractivity contribution in [3.63, 3.8) is 0 Å². The van der Waals surface area contributed by atoms with Gasteiger partial charge in [0.05, 0.1) is 11.1 Å². The van der Waals surface area contributed by atoms with Gasteiger partial charge in [0.15, 0.2) is 0 Å². The molecule has 0 aromatic heterocycles. The normalized spacial score (nSPS) is 11.9. The first kappa shape index (κ1) is 11.1. The van der Waals surface area contributed by atoms with Crippen LogP contribution in [0.2, 0.25) is 10.0 Å². The van der Waals surface area contributed by atoms with E-state index in [0.717, 1.165) is 0 Å². The molecular weight excluding hydrogens is 223 g/mol. The molecule has 0 saturated carbocycles. The monoisotopic (exact) mass is 230 g/mol. The first-order valence-electron chi connectivity index (χ1n) is 3.86. The van der Waals surface area contributed by atoms with Crippen molar-refractivity contribution < 1.29 is 4.74 Å². The highest BCUT2D eigenvalue weighted by atomic mass is 35.5. The van der Waals surface area contributed by atoms with Crippen LogP contribution in [0.3, 0.4) is 0 Å². The molecule has 74 valence electrons. The van der Waals surface area contributed by atoms with Gasteiger partial charge in [-0.2, -0.15) is 5.26 Å². The zero-order chi connectivity index (χ0) is 10.6. The topological polar surface area (TPSA) is 59.0 Å². The summed E-state index contributed by atoms with van der Waals surface area (Å²) in [5.41, 5.74) is 5.35. The third kappa shape index (κ3) is 3.08. The van der Waals surface area contributed by atoms with Gasteiger partial charge < -0.3 is 10.5 Å². The third-order valence-electron chi connectivity index (χ3n) is 1.48. The lowest BCUT2D eigenvalue weighted by molar-refractivity contribution is 0.309. The summed E-state index contributed by atoms with van der Waals surface area (Å²) in [5, 5.41) is 9.36. The van der Waals surface area contributed by atoms with Gasteiger partial charge in [0, 0.05) is 5.02 Å². The minimum absolute atomic E-state index is 0.109. The number of ether oxygens (including phenoxy) is 1. The maximum absolute atomic E-state index is 8.42. The van der Waals surface area contributed by atoms with Crippen molar-refractivity contribution in [2.45, 2.75) is 6.04 Å². The number of nitrogens with zero attached hydrogens (tertiary/aromatic N) is 1. The Balaban J connectivity index is 2.64. The number of rotatable bonds is 3. The Morgan fingerprint density at radius 2 is 2.21 bits per heavy atom. The molecule has 0 aliphatic heterocycles. The highest BCUT2D eigenvalue weighted by Gasteiger charge is 2.05. The van der Waals surface area contributed by atoms with Crippen molar-refractivity contribution in [2.24, 2.45) is 5.73 Å². The number of nitrogens with two attached hydrogens (primary N) is 1. The van der Waals surface area contributed by atoms with Gasteiger partial charge in [0.2, 0.25) is 0 Å². The van der Waals surface area contributed by atoms with Gasteiger partial charge in [-0.25, -0.2) is 0 Å². The van der Waals surface area contributed by atoms with E-state index in [2.05, 4.69) is 0 Å². The summed E-state index contributed by atoms with van der Waals surface area (Å²) in [4.78, 5) is 0. The SMILES string of the molecule is N#CC(N)COc1ccc(Cl)cc1Cl. The fourth-order valence-corrected chi connectivity index (χ4v) is 1.27. The zero-order valence-corrected chi connectivity index (χ0v) is 8.72. The number of hydrogen-bond acceptors (Lipinski definition) is 3. The number of benzene rings is 1. The molecule has 0 bridgehead atoms. The van der Waals surface area contributed by atoms with Crippen molar-refractivity contribution in [1.82, 2.24) is 0 Å². The van der Waals surface area contributed by atoms with E-state index in [9.17, 15) is 0 Å². The Hall–Kier alpha value is -0.950. The van der Waals surface area contributed by atoms with Crippen molar-refractivity contribution in [3.05, 3.63) is 28.2 Å². The van der Waals surface area contributed by atoms with Crippen LogP contribution in [0.5, 0.6) is 5.75 Å². The lowest BCUT2D eigenvalue weighted by atomic mass is 10.3. The van der Waals surface area contributed by atoms with E-state index < -0.39 is 6.04 Å². The second-order valence-corrected chi connectivity index (χ2v) is 3.46. The smallest absolute Gasteiger partial charge is 0.138 e. The number of halogens is 2. The second kappa shape index (κ2) is 5.06. The Morgan fingerprint density at radius 1 is 1.50 bits per heavy atom. The molecule has 3 nitrogen and oxygen atoms in total. The van der Waals surface area contributed by atoms with Crippen molar-refractivity contribution in [2.75, 3.05) is 6.61 Å². The summed E-state index contributed by atoms with van der Waals surface area (Å²) < 4.78 is 5.21. The zero-order valence-electron chi connectivity index (χ0n) is 7.21. The molecular formula is C9H8Cl2N2O. The van der Waals surface area contributed by atoms with Crippen LogP contribution in [0, 0.1) is 11.3 Å². The molecule has 0 aliphatic rings. The summed E-state index contributed by atoms with van der Waals surface area (Å²) >= 11 is 11.5. The largest absolute Gasteiger partial charge is 0.489 e. The summed E-state index contributed by atoms with van der Waals surface area (Å²) in [6.45, 7) is 0.109. The standard InChI is InChI=1S/C9H8Cl2N2O/c10-6-1-2-9(8(11)3-6)14-5-7(13)4-12/h1-3,7H,5,13H2. The molecule has 0 amide bonds. The Kier molecular flexibility index (Phi) is 4.02. The van der Waals surface area contributed by atoms with Crippen LogP contribution in [0.1, 0.15) is 0 Å².